The molecule has 4 nitrogen and oxygen atoms in total. The van der Waals surface area contributed by atoms with Crippen molar-refractivity contribution < 1.29 is 8.42 Å². The van der Waals surface area contributed by atoms with E-state index in [1.807, 2.05) is 0 Å². The second-order valence-electron chi connectivity index (χ2n) is 4.99. The highest BCUT2D eigenvalue weighted by atomic mass is 32.2. The second-order valence-corrected chi connectivity index (χ2v) is 6.97. The van der Waals surface area contributed by atoms with Crippen LogP contribution in [0.25, 0.3) is 0 Å². The average molecular weight is 268 g/mol. The van der Waals surface area contributed by atoms with Crippen LogP contribution in [0.15, 0.2) is 18.2 Å². The summed E-state index contributed by atoms with van der Waals surface area (Å²) in [6.45, 7) is 5.91. The fraction of sp³-hybridized carbons (Fsp3) is 0.538. The van der Waals surface area contributed by atoms with E-state index >= 15 is 0 Å². The van der Waals surface area contributed by atoms with Crippen molar-refractivity contribution >= 4 is 10.0 Å². The summed E-state index contributed by atoms with van der Waals surface area (Å²) in [7, 11) is -3.09. The summed E-state index contributed by atoms with van der Waals surface area (Å²) < 4.78 is 24.7. The maximum atomic E-state index is 11.6. The van der Waals surface area contributed by atoms with Crippen LogP contribution in [-0.2, 0) is 10.0 Å². The standard InChI is InChI=1S/C13H20N2O2S/c1-10-4-5-12(11(2)8-10)13-9-15(7-6-14-13)18(3,16)17/h4-5,8,13-14H,6-7,9H2,1-3H3. The maximum Gasteiger partial charge on any atom is 0.211 e. The van der Waals surface area contributed by atoms with Gasteiger partial charge < -0.3 is 5.32 Å². The Hall–Kier alpha value is -0.910. The lowest BCUT2D eigenvalue weighted by Gasteiger charge is -2.33. The van der Waals surface area contributed by atoms with Gasteiger partial charge in [-0.3, -0.25) is 0 Å². The highest BCUT2D eigenvalue weighted by molar-refractivity contribution is 7.88. The molecule has 5 heteroatoms. The highest BCUT2D eigenvalue weighted by Gasteiger charge is 2.26. The molecule has 1 N–H and O–H groups in total. The molecule has 1 saturated heterocycles. The molecule has 0 aromatic heterocycles. The number of nitrogens with one attached hydrogen (secondary N) is 1. The third-order valence-corrected chi connectivity index (χ3v) is 4.68. The first kappa shape index (κ1) is 13.5. The Bertz CT molecular complexity index is 540. The number of hydrogen-bond acceptors (Lipinski definition) is 3. The van der Waals surface area contributed by atoms with Gasteiger partial charge in [-0.15, -0.1) is 0 Å². The van der Waals surface area contributed by atoms with Crippen molar-refractivity contribution in [1.29, 1.82) is 0 Å². The van der Waals surface area contributed by atoms with Gasteiger partial charge >= 0.3 is 0 Å². The fourth-order valence-electron chi connectivity index (χ4n) is 2.45. The number of rotatable bonds is 2. The summed E-state index contributed by atoms with van der Waals surface area (Å²) in [6, 6.07) is 6.39. The first-order valence-corrected chi connectivity index (χ1v) is 7.98. The van der Waals surface area contributed by atoms with Gasteiger partial charge in [-0.25, -0.2) is 8.42 Å². The lowest BCUT2D eigenvalue weighted by molar-refractivity contribution is 0.303. The number of benzene rings is 1. The molecule has 1 aromatic rings. The number of aryl methyl sites for hydroxylation is 2. The van der Waals surface area contributed by atoms with Crippen molar-refractivity contribution in [2.75, 3.05) is 25.9 Å². The van der Waals surface area contributed by atoms with E-state index in [-0.39, 0.29) is 6.04 Å². The van der Waals surface area contributed by atoms with Gasteiger partial charge in [0.25, 0.3) is 0 Å². The Labute approximate surface area is 109 Å². The largest absolute Gasteiger partial charge is 0.307 e. The van der Waals surface area contributed by atoms with Crippen LogP contribution >= 0.6 is 0 Å². The smallest absolute Gasteiger partial charge is 0.211 e. The van der Waals surface area contributed by atoms with E-state index in [1.165, 1.54) is 22.9 Å². The van der Waals surface area contributed by atoms with Gasteiger partial charge in [-0.05, 0) is 25.0 Å². The van der Waals surface area contributed by atoms with Crippen molar-refractivity contribution in [3.63, 3.8) is 0 Å². The topological polar surface area (TPSA) is 49.4 Å². The lowest BCUT2D eigenvalue weighted by Crippen LogP contribution is -2.48. The molecule has 2 rings (SSSR count). The summed E-state index contributed by atoms with van der Waals surface area (Å²) in [5.41, 5.74) is 3.63. The van der Waals surface area contributed by atoms with E-state index < -0.39 is 10.0 Å². The molecule has 1 atom stereocenters. The summed E-state index contributed by atoms with van der Waals surface area (Å²) in [5.74, 6) is 0. The Kier molecular flexibility index (Phi) is 3.75. The summed E-state index contributed by atoms with van der Waals surface area (Å²) in [5, 5.41) is 3.39. The van der Waals surface area contributed by atoms with Crippen molar-refractivity contribution in [1.82, 2.24) is 9.62 Å². The third kappa shape index (κ3) is 2.91. The van der Waals surface area contributed by atoms with Crippen LogP contribution < -0.4 is 5.32 Å². The molecule has 0 saturated carbocycles. The minimum Gasteiger partial charge on any atom is -0.307 e. The van der Waals surface area contributed by atoms with E-state index in [2.05, 4.69) is 37.4 Å². The van der Waals surface area contributed by atoms with Gasteiger partial charge in [0.1, 0.15) is 0 Å². The molecule has 1 aliphatic heterocycles. The minimum atomic E-state index is -3.09. The van der Waals surface area contributed by atoms with Crippen LogP contribution in [0.3, 0.4) is 0 Å². The molecule has 1 unspecified atom stereocenters. The van der Waals surface area contributed by atoms with Gasteiger partial charge in [0.2, 0.25) is 10.0 Å². The molecule has 0 bridgehead atoms. The Morgan fingerprint density at radius 3 is 2.67 bits per heavy atom. The molecule has 1 heterocycles. The molecule has 0 amide bonds. The van der Waals surface area contributed by atoms with Crippen LogP contribution in [0.4, 0.5) is 0 Å². The Morgan fingerprint density at radius 2 is 2.06 bits per heavy atom. The van der Waals surface area contributed by atoms with Crippen LogP contribution in [0, 0.1) is 13.8 Å². The number of piperazine rings is 1. The van der Waals surface area contributed by atoms with Crippen molar-refractivity contribution in [2.24, 2.45) is 0 Å². The van der Waals surface area contributed by atoms with Crippen molar-refractivity contribution in [3.8, 4) is 0 Å². The normalized spacial score (nSPS) is 22.1. The number of nitrogens with zero attached hydrogens (tertiary/aromatic N) is 1. The van der Waals surface area contributed by atoms with Gasteiger partial charge in [0.05, 0.1) is 6.26 Å². The molecular formula is C13H20N2O2S. The van der Waals surface area contributed by atoms with E-state index in [9.17, 15) is 8.42 Å². The zero-order chi connectivity index (χ0) is 13.3. The maximum absolute atomic E-state index is 11.6. The predicted molar refractivity (Wildman–Crippen MR) is 73.1 cm³/mol. The molecule has 0 aliphatic carbocycles. The molecule has 0 spiro atoms. The number of sulfonamides is 1. The SMILES string of the molecule is Cc1ccc(C2CN(S(C)(=O)=O)CCN2)c(C)c1. The molecule has 1 fully saturated rings. The van der Waals surface area contributed by atoms with Crippen molar-refractivity contribution in [2.45, 2.75) is 19.9 Å². The summed E-state index contributed by atoms with van der Waals surface area (Å²) >= 11 is 0. The minimum absolute atomic E-state index is 0.0917. The number of hydrogen-bond donors (Lipinski definition) is 1. The quantitative estimate of drug-likeness (QED) is 0.877. The monoisotopic (exact) mass is 268 g/mol. The summed E-state index contributed by atoms with van der Waals surface area (Å²) in [6.07, 6.45) is 1.28. The van der Waals surface area contributed by atoms with Crippen LogP contribution in [0.5, 0.6) is 0 Å². The molecular weight excluding hydrogens is 248 g/mol. The van der Waals surface area contributed by atoms with E-state index in [4.69, 9.17) is 0 Å². The van der Waals surface area contributed by atoms with E-state index in [0.717, 1.165) is 0 Å². The van der Waals surface area contributed by atoms with Crippen LogP contribution in [-0.4, -0.2) is 38.6 Å². The van der Waals surface area contributed by atoms with Gasteiger partial charge in [-0.2, -0.15) is 4.31 Å². The first-order valence-electron chi connectivity index (χ1n) is 6.13. The average Bonchev–Trinajstić information content (AvgIpc) is 2.28. The summed E-state index contributed by atoms with van der Waals surface area (Å²) in [4.78, 5) is 0. The molecule has 18 heavy (non-hydrogen) atoms. The van der Waals surface area contributed by atoms with E-state index in [0.29, 0.717) is 19.6 Å². The Morgan fingerprint density at radius 1 is 1.33 bits per heavy atom. The van der Waals surface area contributed by atoms with E-state index in [1.54, 1.807) is 4.31 Å². The predicted octanol–water partition coefficient (Wildman–Crippen LogP) is 1.21. The van der Waals surface area contributed by atoms with Gasteiger partial charge in [0, 0.05) is 25.7 Å². The zero-order valence-electron chi connectivity index (χ0n) is 11.1. The van der Waals surface area contributed by atoms with Gasteiger partial charge in [-0.1, -0.05) is 23.8 Å². The highest BCUT2D eigenvalue weighted by Crippen LogP contribution is 2.22. The molecule has 1 aromatic carbocycles. The zero-order valence-corrected chi connectivity index (χ0v) is 11.9. The van der Waals surface area contributed by atoms with Gasteiger partial charge in [0.15, 0.2) is 0 Å². The molecule has 0 radical (unpaired) electrons. The Balaban J connectivity index is 2.23. The fourth-order valence-corrected chi connectivity index (χ4v) is 3.29. The molecule has 100 valence electrons. The lowest BCUT2D eigenvalue weighted by atomic mass is 9.98. The third-order valence-electron chi connectivity index (χ3n) is 3.41. The van der Waals surface area contributed by atoms with Crippen LogP contribution in [0.1, 0.15) is 22.7 Å². The second kappa shape index (κ2) is 4.99. The molecule has 1 aliphatic rings. The van der Waals surface area contributed by atoms with Crippen LogP contribution in [0.2, 0.25) is 0 Å². The van der Waals surface area contributed by atoms with Crippen molar-refractivity contribution in [3.05, 3.63) is 34.9 Å². The first-order chi connectivity index (χ1) is 8.38.